The Bertz CT molecular complexity index is 2020. The summed E-state index contributed by atoms with van der Waals surface area (Å²) in [4.78, 5) is 27.6. The monoisotopic (exact) mass is 678 g/mol. The molecule has 4 aromatic rings. The molecule has 0 fully saturated rings. The zero-order valence-electron chi connectivity index (χ0n) is 25.9. The first-order chi connectivity index (χ1) is 22.3. The lowest BCUT2D eigenvalue weighted by atomic mass is 10.1. The summed E-state index contributed by atoms with van der Waals surface area (Å²) in [6.45, 7) is 4.47. The SMILES string of the molecule is CCCCCN(C(C)=O)S(=O)(=O)c1ccc(N=C/C(=N\N)c2cccc(-c3cn(-c4ccc(S(=O)(=O)NC(C)=O)cc4)nn3)c2)cc1. The summed E-state index contributed by atoms with van der Waals surface area (Å²) in [5, 5.41) is 12.2. The summed E-state index contributed by atoms with van der Waals surface area (Å²) >= 11 is 0. The van der Waals surface area contributed by atoms with Gasteiger partial charge in [-0.2, -0.15) is 5.10 Å². The number of rotatable bonds is 13. The van der Waals surface area contributed by atoms with E-state index in [1.54, 1.807) is 24.4 Å². The van der Waals surface area contributed by atoms with Crippen LogP contribution in [0.2, 0.25) is 0 Å². The average molecular weight is 679 g/mol. The Morgan fingerprint density at radius 2 is 1.64 bits per heavy atom. The molecule has 0 unspecified atom stereocenters. The summed E-state index contributed by atoms with van der Waals surface area (Å²) < 4.78 is 54.9. The van der Waals surface area contributed by atoms with E-state index in [1.165, 1.54) is 66.4 Å². The van der Waals surface area contributed by atoms with E-state index in [2.05, 4.69) is 20.4 Å². The van der Waals surface area contributed by atoms with Gasteiger partial charge in [0.1, 0.15) is 11.4 Å². The van der Waals surface area contributed by atoms with E-state index in [-0.39, 0.29) is 16.3 Å². The Hall–Kier alpha value is -5.22. The molecule has 3 N–H and O–H groups in total. The molecule has 0 bridgehead atoms. The van der Waals surface area contributed by atoms with Crippen molar-refractivity contribution >= 4 is 49.5 Å². The van der Waals surface area contributed by atoms with Crippen LogP contribution >= 0.6 is 0 Å². The molecule has 1 heterocycles. The van der Waals surface area contributed by atoms with Gasteiger partial charge in [-0.15, -0.1) is 5.10 Å². The molecule has 2 amide bonds. The normalized spacial score (nSPS) is 12.3. The molecule has 0 saturated heterocycles. The smallest absolute Gasteiger partial charge is 0.266 e. The van der Waals surface area contributed by atoms with E-state index in [0.717, 1.165) is 24.1 Å². The molecular weight excluding hydrogens is 645 g/mol. The molecule has 0 aliphatic heterocycles. The number of carbonyl (C=O) groups is 2. The number of hydrogen-bond donors (Lipinski definition) is 2. The molecular formula is C31H34N8O6S2. The van der Waals surface area contributed by atoms with Crippen LogP contribution < -0.4 is 10.6 Å². The van der Waals surface area contributed by atoms with Crippen LogP contribution in [0.15, 0.2) is 98.9 Å². The number of nitrogens with two attached hydrogens (primary N) is 1. The third-order valence-corrected chi connectivity index (χ3v) is 10.2. The summed E-state index contributed by atoms with van der Waals surface area (Å²) in [6.07, 6.45) is 5.41. The zero-order valence-corrected chi connectivity index (χ0v) is 27.6. The van der Waals surface area contributed by atoms with Crippen molar-refractivity contribution in [3.05, 3.63) is 84.6 Å². The van der Waals surface area contributed by atoms with Crippen LogP contribution in [0.1, 0.15) is 45.6 Å². The second-order valence-corrected chi connectivity index (χ2v) is 13.9. The highest BCUT2D eigenvalue weighted by molar-refractivity contribution is 7.90. The van der Waals surface area contributed by atoms with Crippen LogP contribution in [0.4, 0.5) is 5.69 Å². The number of aliphatic imine (C=N–C) groups is 1. The predicted molar refractivity (Wildman–Crippen MR) is 177 cm³/mol. The number of carbonyl (C=O) groups excluding carboxylic acids is 2. The minimum absolute atomic E-state index is 0.0115. The Morgan fingerprint density at radius 3 is 2.26 bits per heavy atom. The molecule has 16 heteroatoms. The second-order valence-electron chi connectivity index (χ2n) is 10.4. The van der Waals surface area contributed by atoms with Crippen LogP contribution in [0.25, 0.3) is 16.9 Å². The van der Waals surface area contributed by atoms with Gasteiger partial charge in [0.05, 0.1) is 33.6 Å². The summed E-state index contributed by atoms with van der Waals surface area (Å²) in [5.41, 5.74) is 3.16. The van der Waals surface area contributed by atoms with Crippen molar-refractivity contribution in [1.82, 2.24) is 24.0 Å². The van der Waals surface area contributed by atoms with Crippen molar-refractivity contribution in [2.45, 2.75) is 49.8 Å². The van der Waals surface area contributed by atoms with Crippen molar-refractivity contribution in [2.75, 3.05) is 6.54 Å². The highest BCUT2D eigenvalue weighted by atomic mass is 32.2. The summed E-state index contributed by atoms with van der Waals surface area (Å²) in [6, 6.07) is 18.8. The highest BCUT2D eigenvalue weighted by Gasteiger charge is 2.26. The molecule has 1 aromatic heterocycles. The zero-order chi connectivity index (χ0) is 34.2. The van der Waals surface area contributed by atoms with Gasteiger partial charge < -0.3 is 5.84 Å². The second kappa shape index (κ2) is 14.9. The Balaban J connectivity index is 1.49. The third-order valence-electron chi connectivity index (χ3n) is 6.85. The molecule has 4 rings (SSSR count). The first-order valence-corrected chi connectivity index (χ1v) is 17.4. The minimum atomic E-state index is -4.00. The molecule has 0 spiro atoms. The quantitative estimate of drug-likeness (QED) is 0.0919. The number of benzene rings is 3. The highest BCUT2D eigenvalue weighted by Crippen LogP contribution is 2.23. The lowest BCUT2D eigenvalue weighted by Gasteiger charge is -2.21. The van der Waals surface area contributed by atoms with Gasteiger partial charge in [-0.1, -0.05) is 43.2 Å². The van der Waals surface area contributed by atoms with Gasteiger partial charge in [0.25, 0.3) is 20.0 Å². The van der Waals surface area contributed by atoms with Crippen LogP contribution in [0.5, 0.6) is 0 Å². The van der Waals surface area contributed by atoms with Crippen molar-refractivity contribution in [3.8, 4) is 16.9 Å². The van der Waals surface area contributed by atoms with E-state index in [0.29, 0.717) is 40.3 Å². The van der Waals surface area contributed by atoms with Gasteiger partial charge in [0.15, 0.2) is 0 Å². The van der Waals surface area contributed by atoms with Gasteiger partial charge in [0.2, 0.25) is 11.8 Å². The van der Waals surface area contributed by atoms with Crippen LogP contribution in [-0.4, -0.2) is 66.4 Å². The first kappa shape index (κ1) is 34.6. The van der Waals surface area contributed by atoms with E-state index < -0.39 is 31.9 Å². The fraction of sp³-hybridized carbons (Fsp3) is 0.226. The number of unbranched alkanes of at least 4 members (excludes halogenated alkanes) is 2. The fourth-order valence-electron chi connectivity index (χ4n) is 4.49. The largest absolute Gasteiger partial charge is 0.323 e. The van der Waals surface area contributed by atoms with Crippen molar-refractivity contribution in [2.24, 2.45) is 15.9 Å². The van der Waals surface area contributed by atoms with Crippen molar-refractivity contribution in [3.63, 3.8) is 0 Å². The van der Waals surface area contributed by atoms with Gasteiger partial charge >= 0.3 is 0 Å². The number of sulfonamides is 2. The average Bonchev–Trinajstić information content (AvgIpc) is 3.54. The topological polar surface area (TPSA) is 199 Å². The van der Waals surface area contributed by atoms with Crippen LogP contribution in [-0.2, 0) is 29.6 Å². The molecule has 0 aliphatic carbocycles. The van der Waals surface area contributed by atoms with Crippen LogP contribution in [0.3, 0.4) is 0 Å². The number of hydrogen-bond acceptors (Lipinski definition) is 11. The number of hydrazone groups is 1. The number of amides is 2. The van der Waals surface area contributed by atoms with Crippen LogP contribution in [0, 0.1) is 0 Å². The Kier molecular flexibility index (Phi) is 11.0. The van der Waals surface area contributed by atoms with E-state index in [1.807, 2.05) is 17.7 Å². The molecule has 246 valence electrons. The molecule has 0 saturated carbocycles. The Morgan fingerprint density at radius 1 is 0.957 bits per heavy atom. The maximum atomic E-state index is 13.1. The van der Waals surface area contributed by atoms with E-state index in [9.17, 15) is 26.4 Å². The fourth-order valence-corrected chi connectivity index (χ4v) is 6.92. The maximum Gasteiger partial charge on any atom is 0.266 e. The molecule has 0 radical (unpaired) electrons. The lowest BCUT2D eigenvalue weighted by Crippen LogP contribution is -2.36. The van der Waals surface area contributed by atoms with E-state index >= 15 is 0 Å². The molecule has 47 heavy (non-hydrogen) atoms. The maximum absolute atomic E-state index is 13.1. The molecule has 3 aromatic carbocycles. The summed E-state index contributed by atoms with van der Waals surface area (Å²) in [7, 11) is -7.96. The van der Waals surface area contributed by atoms with Crippen molar-refractivity contribution < 1.29 is 26.4 Å². The number of aromatic nitrogens is 3. The molecule has 14 nitrogen and oxygen atoms in total. The number of nitrogens with zero attached hydrogens (tertiary/aromatic N) is 6. The van der Waals surface area contributed by atoms with Gasteiger partial charge in [0, 0.05) is 31.5 Å². The first-order valence-electron chi connectivity index (χ1n) is 14.5. The van der Waals surface area contributed by atoms with Crippen molar-refractivity contribution in [1.29, 1.82) is 0 Å². The third kappa shape index (κ3) is 8.53. The van der Waals surface area contributed by atoms with Gasteiger partial charge in [-0.05, 0) is 61.0 Å². The lowest BCUT2D eigenvalue weighted by molar-refractivity contribution is -0.124. The minimum Gasteiger partial charge on any atom is -0.323 e. The van der Waals surface area contributed by atoms with Gasteiger partial charge in [-0.3, -0.25) is 14.6 Å². The number of nitrogens with one attached hydrogen (secondary N) is 1. The summed E-state index contributed by atoms with van der Waals surface area (Å²) in [5.74, 6) is 4.45. The van der Waals surface area contributed by atoms with Gasteiger partial charge in [-0.25, -0.2) is 30.5 Å². The Labute approximate surface area is 273 Å². The predicted octanol–water partition coefficient (Wildman–Crippen LogP) is 3.55. The molecule has 0 aliphatic rings. The molecule has 0 atom stereocenters. The van der Waals surface area contributed by atoms with E-state index in [4.69, 9.17) is 5.84 Å². The standard InChI is InChI=1S/C31H34N8O6S2/c1-4-5-6-18-39(23(3)41)47(44,45)29-14-10-26(11-15-29)33-20-30(34-32)24-8-7-9-25(19-24)31-21-38(37-35-31)27-12-16-28(17-13-27)46(42,43)36-22(2)40/h7-17,19-21H,4-6,18,32H2,1-3H3,(H,36,40)/b33-20?,34-30+.